The van der Waals surface area contributed by atoms with Crippen molar-refractivity contribution >= 4 is 5.91 Å². The predicted octanol–water partition coefficient (Wildman–Crippen LogP) is 0.308. The van der Waals surface area contributed by atoms with Gasteiger partial charge in [0.05, 0.1) is 6.61 Å². The van der Waals surface area contributed by atoms with Gasteiger partial charge in [-0.05, 0) is 27.7 Å². The Morgan fingerprint density at radius 2 is 2.07 bits per heavy atom. The molecule has 15 heavy (non-hydrogen) atoms. The molecule has 0 spiro atoms. The van der Waals surface area contributed by atoms with Gasteiger partial charge in [-0.15, -0.1) is 0 Å². The van der Waals surface area contributed by atoms with E-state index < -0.39 is 0 Å². The number of hydrogen-bond acceptors (Lipinski definition) is 3. The molecule has 1 unspecified atom stereocenters. The maximum Gasteiger partial charge on any atom is 0.242 e. The quantitative estimate of drug-likeness (QED) is 0.719. The van der Waals surface area contributed by atoms with Crippen LogP contribution in [0.3, 0.4) is 0 Å². The number of amides is 1. The summed E-state index contributed by atoms with van der Waals surface area (Å²) in [6, 6.07) is -0.0953. The van der Waals surface area contributed by atoms with Gasteiger partial charge < -0.3 is 10.0 Å². The molecule has 0 aliphatic carbocycles. The van der Waals surface area contributed by atoms with Crippen molar-refractivity contribution in [2.75, 3.05) is 20.2 Å². The van der Waals surface area contributed by atoms with Gasteiger partial charge in [-0.3, -0.25) is 9.69 Å². The molecule has 0 aromatic heterocycles. The van der Waals surface area contributed by atoms with E-state index in [1.54, 1.807) is 4.90 Å². The summed E-state index contributed by atoms with van der Waals surface area (Å²) in [5.74, 6) is 0.0162. The van der Waals surface area contributed by atoms with Crippen molar-refractivity contribution in [3.8, 4) is 0 Å². The number of piperazine rings is 1. The van der Waals surface area contributed by atoms with E-state index in [0.717, 1.165) is 6.54 Å². The highest BCUT2D eigenvalue weighted by Crippen LogP contribution is 2.25. The van der Waals surface area contributed by atoms with Crippen LogP contribution in [0.25, 0.3) is 0 Å². The molecule has 0 bridgehead atoms. The number of carbonyl (C=O) groups excluding carboxylic acids is 1. The number of carbonyl (C=O) groups is 1. The number of likely N-dealkylation sites (N-methyl/N-ethyl adjacent to an activating group) is 1. The molecule has 1 amide bonds. The highest BCUT2D eigenvalue weighted by atomic mass is 16.3. The summed E-state index contributed by atoms with van der Waals surface area (Å²) in [7, 11) is 1.81. The van der Waals surface area contributed by atoms with Crippen LogP contribution in [0.2, 0.25) is 0 Å². The van der Waals surface area contributed by atoms with Crippen molar-refractivity contribution in [3.05, 3.63) is 0 Å². The fourth-order valence-corrected chi connectivity index (χ4v) is 2.05. The average molecular weight is 214 g/mol. The van der Waals surface area contributed by atoms with Crippen LogP contribution in [-0.2, 0) is 4.79 Å². The van der Waals surface area contributed by atoms with Crippen LogP contribution in [0.5, 0.6) is 0 Å². The smallest absolute Gasteiger partial charge is 0.242 e. The molecular weight excluding hydrogens is 192 g/mol. The minimum absolute atomic E-state index is 0.0162. The third-order valence-corrected chi connectivity index (χ3v) is 3.33. The maximum absolute atomic E-state index is 12.0. The Morgan fingerprint density at radius 1 is 1.53 bits per heavy atom. The fourth-order valence-electron chi connectivity index (χ4n) is 2.05. The molecule has 1 saturated heterocycles. The minimum atomic E-state index is -0.372. The molecule has 0 saturated carbocycles. The van der Waals surface area contributed by atoms with Gasteiger partial charge in [0.1, 0.15) is 6.04 Å². The largest absolute Gasteiger partial charge is 0.394 e. The lowest BCUT2D eigenvalue weighted by atomic mass is 9.94. The molecule has 0 aromatic rings. The van der Waals surface area contributed by atoms with Crippen LogP contribution in [0.1, 0.15) is 27.7 Å². The van der Waals surface area contributed by atoms with E-state index in [4.69, 9.17) is 0 Å². The highest BCUT2D eigenvalue weighted by Gasteiger charge is 2.43. The Labute approximate surface area is 91.9 Å². The standard InChI is InChI=1S/C11H22N2O2/c1-8(2)13-7-11(3,4)12(5)10(15)9(13)6-14/h8-9,14H,6-7H2,1-5H3. The third kappa shape index (κ3) is 2.16. The molecule has 1 atom stereocenters. The molecule has 0 radical (unpaired) electrons. The Morgan fingerprint density at radius 3 is 2.47 bits per heavy atom. The molecule has 1 aliphatic rings. The SMILES string of the molecule is CC(C)N1CC(C)(C)N(C)C(=O)C1CO. The van der Waals surface area contributed by atoms with Crippen LogP contribution >= 0.6 is 0 Å². The average Bonchev–Trinajstić information content (AvgIpc) is 2.13. The fraction of sp³-hybridized carbons (Fsp3) is 0.909. The zero-order valence-electron chi connectivity index (χ0n) is 10.3. The van der Waals surface area contributed by atoms with Gasteiger partial charge in [0.15, 0.2) is 0 Å². The van der Waals surface area contributed by atoms with E-state index in [2.05, 4.69) is 18.7 Å². The van der Waals surface area contributed by atoms with Gasteiger partial charge in [-0.25, -0.2) is 0 Å². The first-order valence-corrected chi connectivity index (χ1v) is 5.45. The molecule has 1 N–H and O–H groups in total. The van der Waals surface area contributed by atoms with Gasteiger partial charge in [0.25, 0.3) is 0 Å². The van der Waals surface area contributed by atoms with Gasteiger partial charge in [0.2, 0.25) is 5.91 Å². The van der Waals surface area contributed by atoms with Crippen LogP contribution in [0.4, 0.5) is 0 Å². The monoisotopic (exact) mass is 214 g/mol. The summed E-state index contributed by atoms with van der Waals surface area (Å²) in [6.45, 7) is 8.91. The zero-order chi connectivity index (χ0) is 11.8. The van der Waals surface area contributed by atoms with Crippen molar-refractivity contribution in [3.63, 3.8) is 0 Å². The summed E-state index contributed by atoms with van der Waals surface area (Å²) in [5, 5.41) is 9.28. The molecule has 4 nitrogen and oxygen atoms in total. The number of nitrogens with zero attached hydrogens (tertiary/aromatic N) is 2. The van der Waals surface area contributed by atoms with Gasteiger partial charge in [-0.2, -0.15) is 0 Å². The predicted molar refractivity (Wildman–Crippen MR) is 59.6 cm³/mol. The number of hydrogen-bond donors (Lipinski definition) is 1. The van der Waals surface area contributed by atoms with E-state index in [9.17, 15) is 9.90 Å². The summed E-state index contributed by atoms with van der Waals surface area (Å²) in [6.07, 6.45) is 0. The van der Waals surface area contributed by atoms with Crippen LogP contribution < -0.4 is 0 Å². The number of aliphatic hydroxyl groups excluding tert-OH is 1. The highest BCUT2D eigenvalue weighted by molar-refractivity contribution is 5.83. The maximum atomic E-state index is 12.0. The molecule has 88 valence electrons. The van der Waals surface area contributed by atoms with Crippen LogP contribution in [0, 0.1) is 0 Å². The van der Waals surface area contributed by atoms with E-state index in [1.807, 2.05) is 20.9 Å². The second-order valence-electron chi connectivity index (χ2n) is 5.17. The van der Waals surface area contributed by atoms with E-state index in [0.29, 0.717) is 0 Å². The first-order chi connectivity index (χ1) is 6.81. The summed E-state index contributed by atoms with van der Waals surface area (Å²) in [5.41, 5.74) is -0.160. The second-order valence-corrected chi connectivity index (χ2v) is 5.17. The van der Waals surface area contributed by atoms with E-state index in [-0.39, 0.29) is 30.1 Å². The van der Waals surface area contributed by atoms with Crippen molar-refractivity contribution < 1.29 is 9.90 Å². The van der Waals surface area contributed by atoms with Crippen LogP contribution in [0.15, 0.2) is 0 Å². The summed E-state index contributed by atoms with van der Waals surface area (Å²) >= 11 is 0. The van der Waals surface area contributed by atoms with Crippen molar-refractivity contribution in [1.29, 1.82) is 0 Å². The third-order valence-electron chi connectivity index (χ3n) is 3.33. The first kappa shape index (κ1) is 12.5. The van der Waals surface area contributed by atoms with Crippen LogP contribution in [-0.4, -0.2) is 58.6 Å². The Bertz CT molecular complexity index is 251. The topological polar surface area (TPSA) is 43.8 Å². The molecule has 1 fully saturated rings. The Balaban J connectivity index is 2.95. The van der Waals surface area contributed by atoms with Gasteiger partial charge in [0, 0.05) is 25.2 Å². The molecule has 1 heterocycles. The molecule has 0 aromatic carbocycles. The van der Waals surface area contributed by atoms with E-state index >= 15 is 0 Å². The number of aliphatic hydroxyl groups is 1. The second kappa shape index (κ2) is 4.10. The lowest BCUT2D eigenvalue weighted by molar-refractivity contribution is -0.153. The van der Waals surface area contributed by atoms with Crippen molar-refractivity contribution in [2.24, 2.45) is 0 Å². The Hall–Kier alpha value is -0.610. The normalized spacial score (nSPS) is 27.5. The lowest BCUT2D eigenvalue weighted by Crippen LogP contribution is -2.67. The van der Waals surface area contributed by atoms with Crippen molar-refractivity contribution in [1.82, 2.24) is 9.80 Å². The minimum Gasteiger partial charge on any atom is -0.394 e. The van der Waals surface area contributed by atoms with Crippen molar-refractivity contribution in [2.45, 2.75) is 45.3 Å². The Kier molecular flexibility index (Phi) is 3.41. The molecular formula is C11H22N2O2. The van der Waals surface area contributed by atoms with Gasteiger partial charge >= 0.3 is 0 Å². The molecule has 4 heteroatoms. The number of rotatable bonds is 2. The zero-order valence-corrected chi connectivity index (χ0v) is 10.3. The first-order valence-electron chi connectivity index (χ1n) is 5.45. The van der Waals surface area contributed by atoms with Gasteiger partial charge in [-0.1, -0.05) is 0 Å². The summed E-state index contributed by atoms with van der Waals surface area (Å²) in [4.78, 5) is 15.8. The van der Waals surface area contributed by atoms with E-state index in [1.165, 1.54) is 0 Å². The molecule has 1 rings (SSSR count). The molecule has 1 aliphatic heterocycles. The lowest BCUT2D eigenvalue weighted by Gasteiger charge is -2.50. The summed E-state index contributed by atoms with van der Waals surface area (Å²) < 4.78 is 0.